The molecule has 0 saturated heterocycles. The Hall–Kier alpha value is -1.35. The Balaban J connectivity index is 2.78. The second-order valence-electron chi connectivity index (χ2n) is 3.31. The van der Waals surface area contributed by atoms with Crippen molar-refractivity contribution in [2.75, 3.05) is 0 Å². The molecule has 3 heteroatoms. The molecule has 1 aromatic carbocycles. The Morgan fingerprint density at radius 3 is 2.77 bits per heavy atom. The highest BCUT2D eigenvalue weighted by molar-refractivity contribution is 5.82. The second kappa shape index (κ2) is 2.85. The van der Waals surface area contributed by atoms with Gasteiger partial charge in [0.2, 0.25) is 0 Å². The van der Waals surface area contributed by atoms with Gasteiger partial charge >= 0.3 is 0 Å². The van der Waals surface area contributed by atoms with Crippen molar-refractivity contribution in [1.29, 1.82) is 0 Å². The van der Waals surface area contributed by atoms with Gasteiger partial charge in [-0.3, -0.25) is 4.68 Å². The first-order chi connectivity index (χ1) is 6.20. The molecular weight excluding hydrogens is 162 g/mol. The van der Waals surface area contributed by atoms with E-state index in [-0.39, 0.29) is 6.04 Å². The van der Waals surface area contributed by atoms with E-state index >= 15 is 0 Å². The molecule has 2 rings (SSSR count). The summed E-state index contributed by atoms with van der Waals surface area (Å²) in [6.07, 6.45) is 0. The molecule has 0 aliphatic rings. The Bertz CT molecular complexity index is 429. The second-order valence-corrected chi connectivity index (χ2v) is 3.31. The predicted molar refractivity (Wildman–Crippen MR) is 53.3 cm³/mol. The topological polar surface area (TPSA) is 43.8 Å². The normalized spacial score (nSPS) is 13.5. The summed E-state index contributed by atoms with van der Waals surface area (Å²) in [6, 6.07) is 8.12. The third kappa shape index (κ3) is 1.21. The zero-order valence-corrected chi connectivity index (χ0v) is 7.86. The van der Waals surface area contributed by atoms with Gasteiger partial charge in [-0.15, -0.1) is 0 Å². The molecule has 13 heavy (non-hydrogen) atoms. The van der Waals surface area contributed by atoms with Gasteiger partial charge in [-0.1, -0.05) is 18.2 Å². The van der Waals surface area contributed by atoms with Gasteiger partial charge in [0.25, 0.3) is 0 Å². The molecule has 68 valence electrons. The molecule has 0 aliphatic heterocycles. The van der Waals surface area contributed by atoms with Crippen LogP contribution in [0.1, 0.15) is 18.7 Å². The van der Waals surface area contributed by atoms with E-state index in [1.807, 2.05) is 36.9 Å². The van der Waals surface area contributed by atoms with Crippen LogP contribution in [-0.4, -0.2) is 9.78 Å². The number of para-hydroxylation sites is 1. The third-order valence-electron chi connectivity index (χ3n) is 2.22. The van der Waals surface area contributed by atoms with Crippen LogP contribution < -0.4 is 5.73 Å². The van der Waals surface area contributed by atoms with E-state index in [9.17, 15) is 0 Å². The van der Waals surface area contributed by atoms with E-state index in [0.717, 1.165) is 16.6 Å². The number of aromatic nitrogens is 2. The van der Waals surface area contributed by atoms with Crippen LogP contribution in [0, 0.1) is 0 Å². The first kappa shape index (κ1) is 8.26. The monoisotopic (exact) mass is 175 g/mol. The summed E-state index contributed by atoms with van der Waals surface area (Å²) in [7, 11) is 1.94. The molecular formula is C10H13N3. The molecule has 0 spiro atoms. The van der Waals surface area contributed by atoms with E-state index in [4.69, 9.17) is 5.73 Å². The number of nitrogens with zero attached hydrogens (tertiary/aromatic N) is 2. The highest BCUT2D eigenvalue weighted by atomic mass is 15.3. The number of fused-ring (bicyclic) bond motifs is 1. The maximum Gasteiger partial charge on any atom is 0.0867 e. The molecule has 0 aliphatic carbocycles. The predicted octanol–water partition coefficient (Wildman–Crippen LogP) is 1.59. The van der Waals surface area contributed by atoms with Crippen LogP contribution in [0.4, 0.5) is 0 Å². The fourth-order valence-corrected chi connectivity index (χ4v) is 1.58. The van der Waals surface area contributed by atoms with Crippen LogP contribution in [0.2, 0.25) is 0 Å². The Morgan fingerprint density at radius 2 is 2.08 bits per heavy atom. The van der Waals surface area contributed by atoms with Crippen molar-refractivity contribution in [1.82, 2.24) is 9.78 Å². The molecule has 0 bridgehead atoms. The SMILES string of the molecule is C[C@@H](N)c1nn(C)c2ccccc12. The Kier molecular flexibility index (Phi) is 1.81. The maximum atomic E-state index is 5.82. The largest absolute Gasteiger partial charge is 0.323 e. The smallest absolute Gasteiger partial charge is 0.0867 e. The van der Waals surface area contributed by atoms with Gasteiger partial charge in [0.1, 0.15) is 0 Å². The number of hydrogen-bond acceptors (Lipinski definition) is 2. The fourth-order valence-electron chi connectivity index (χ4n) is 1.58. The molecule has 2 aromatic rings. The Morgan fingerprint density at radius 1 is 1.38 bits per heavy atom. The number of rotatable bonds is 1. The fraction of sp³-hybridized carbons (Fsp3) is 0.300. The maximum absolute atomic E-state index is 5.82. The molecule has 0 fully saturated rings. The van der Waals surface area contributed by atoms with Crippen molar-refractivity contribution in [2.24, 2.45) is 12.8 Å². The first-order valence-electron chi connectivity index (χ1n) is 4.37. The minimum absolute atomic E-state index is 0.00824. The zero-order chi connectivity index (χ0) is 9.42. The van der Waals surface area contributed by atoms with Crippen LogP contribution in [0.3, 0.4) is 0 Å². The molecule has 1 atom stereocenters. The van der Waals surface area contributed by atoms with Gasteiger partial charge in [-0.2, -0.15) is 5.10 Å². The van der Waals surface area contributed by atoms with Crippen molar-refractivity contribution in [3.63, 3.8) is 0 Å². The number of hydrogen-bond donors (Lipinski definition) is 1. The quantitative estimate of drug-likeness (QED) is 0.715. The van der Waals surface area contributed by atoms with Gasteiger partial charge in [-0.25, -0.2) is 0 Å². The molecule has 0 amide bonds. The lowest BCUT2D eigenvalue weighted by atomic mass is 10.1. The lowest BCUT2D eigenvalue weighted by Gasteiger charge is -1.99. The lowest BCUT2D eigenvalue weighted by molar-refractivity contribution is 0.712. The molecule has 0 saturated carbocycles. The van der Waals surface area contributed by atoms with Crippen molar-refractivity contribution in [2.45, 2.75) is 13.0 Å². The summed E-state index contributed by atoms with van der Waals surface area (Å²) in [5.41, 5.74) is 7.92. The standard InChI is InChI=1S/C10H13N3/c1-7(11)10-8-5-3-4-6-9(8)13(2)12-10/h3-7H,11H2,1-2H3/t7-/m1/s1. The van der Waals surface area contributed by atoms with Gasteiger partial charge in [0, 0.05) is 18.5 Å². The summed E-state index contributed by atoms with van der Waals surface area (Å²) in [5.74, 6) is 0. The van der Waals surface area contributed by atoms with Crippen LogP contribution >= 0.6 is 0 Å². The van der Waals surface area contributed by atoms with Gasteiger partial charge < -0.3 is 5.73 Å². The van der Waals surface area contributed by atoms with Crippen molar-refractivity contribution in [3.8, 4) is 0 Å². The summed E-state index contributed by atoms with van der Waals surface area (Å²) < 4.78 is 1.87. The lowest BCUT2D eigenvalue weighted by Crippen LogP contribution is -2.06. The van der Waals surface area contributed by atoms with Gasteiger partial charge in [0.05, 0.1) is 11.2 Å². The summed E-state index contributed by atoms with van der Waals surface area (Å²) in [5, 5.41) is 5.53. The van der Waals surface area contributed by atoms with Crippen molar-refractivity contribution in [3.05, 3.63) is 30.0 Å². The highest BCUT2D eigenvalue weighted by Crippen LogP contribution is 2.21. The van der Waals surface area contributed by atoms with E-state index in [1.165, 1.54) is 0 Å². The third-order valence-corrected chi connectivity index (χ3v) is 2.22. The minimum atomic E-state index is -0.00824. The number of nitrogens with two attached hydrogens (primary N) is 1. The highest BCUT2D eigenvalue weighted by Gasteiger charge is 2.10. The molecule has 2 N–H and O–H groups in total. The van der Waals surface area contributed by atoms with Crippen LogP contribution in [0.5, 0.6) is 0 Å². The van der Waals surface area contributed by atoms with E-state index < -0.39 is 0 Å². The number of benzene rings is 1. The van der Waals surface area contributed by atoms with Crippen LogP contribution in [0.15, 0.2) is 24.3 Å². The Labute approximate surface area is 77.2 Å². The van der Waals surface area contributed by atoms with Crippen LogP contribution in [-0.2, 0) is 7.05 Å². The minimum Gasteiger partial charge on any atom is -0.323 e. The summed E-state index contributed by atoms with van der Waals surface area (Å²) >= 11 is 0. The summed E-state index contributed by atoms with van der Waals surface area (Å²) in [6.45, 7) is 1.95. The van der Waals surface area contributed by atoms with Crippen molar-refractivity contribution < 1.29 is 0 Å². The van der Waals surface area contributed by atoms with Crippen molar-refractivity contribution >= 4 is 10.9 Å². The van der Waals surface area contributed by atoms with Gasteiger partial charge in [0.15, 0.2) is 0 Å². The van der Waals surface area contributed by atoms with E-state index in [0.29, 0.717) is 0 Å². The average Bonchev–Trinajstić information content (AvgIpc) is 2.45. The van der Waals surface area contributed by atoms with Crippen LogP contribution in [0.25, 0.3) is 10.9 Å². The first-order valence-corrected chi connectivity index (χ1v) is 4.37. The number of aryl methyl sites for hydroxylation is 1. The van der Waals surface area contributed by atoms with Gasteiger partial charge in [-0.05, 0) is 13.0 Å². The summed E-state index contributed by atoms with van der Waals surface area (Å²) in [4.78, 5) is 0. The molecule has 3 nitrogen and oxygen atoms in total. The molecule has 0 radical (unpaired) electrons. The average molecular weight is 175 g/mol. The molecule has 0 unspecified atom stereocenters. The van der Waals surface area contributed by atoms with E-state index in [2.05, 4.69) is 11.2 Å². The molecule has 1 aromatic heterocycles. The molecule has 1 heterocycles. The van der Waals surface area contributed by atoms with E-state index in [1.54, 1.807) is 0 Å². The zero-order valence-electron chi connectivity index (χ0n) is 7.86.